The van der Waals surface area contributed by atoms with E-state index in [0.717, 1.165) is 47.8 Å². The summed E-state index contributed by atoms with van der Waals surface area (Å²) in [5.74, 6) is 2.21. The average molecular weight is 442 g/mol. The highest BCUT2D eigenvalue weighted by Crippen LogP contribution is 2.35. The number of ether oxygens (including phenoxy) is 1. The lowest BCUT2D eigenvalue weighted by atomic mass is 10.0. The molecule has 1 fully saturated rings. The number of piperidine rings is 1. The second kappa shape index (κ2) is 8.86. The van der Waals surface area contributed by atoms with E-state index < -0.39 is 0 Å². The van der Waals surface area contributed by atoms with E-state index in [1.807, 2.05) is 71.9 Å². The summed E-state index contributed by atoms with van der Waals surface area (Å²) in [6.45, 7) is 5.66. The van der Waals surface area contributed by atoms with Crippen molar-refractivity contribution in [1.82, 2.24) is 9.80 Å². The van der Waals surface area contributed by atoms with Crippen LogP contribution in [0.25, 0.3) is 0 Å². The van der Waals surface area contributed by atoms with Gasteiger partial charge in [0.25, 0.3) is 0 Å². The Bertz CT molecular complexity index is 1140. The lowest BCUT2D eigenvalue weighted by molar-refractivity contribution is -0.127. The zero-order valence-corrected chi connectivity index (χ0v) is 18.4. The molecule has 2 aromatic rings. The van der Waals surface area contributed by atoms with Crippen molar-refractivity contribution >= 4 is 17.8 Å². The molecule has 168 valence electrons. The molecule has 0 aliphatic carbocycles. The number of likely N-dealkylation sites (tertiary alicyclic amines) is 1. The SMILES string of the molecule is C=CC(=O)N1CCC[C@@H](N2CN(c3ccc(Oc4ccccc4)cc3)C(N)=C3C=NC=C32)C1. The predicted octanol–water partition coefficient (Wildman–Crippen LogP) is 3.83. The maximum absolute atomic E-state index is 12.2. The van der Waals surface area contributed by atoms with Gasteiger partial charge in [0.2, 0.25) is 5.91 Å². The monoisotopic (exact) mass is 441 g/mol. The number of carbonyl (C=O) groups excluding carboxylic acids is 1. The molecule has 1 saturated heterocycles. The Balaban J connectivity index is 1.38. The van der Waals surface area contributed by atoms with Crippen LogP contribution in [0.1, 0.15) is 12.8 Å². The first-order chi connectivity index (χ1) is 16.1. The van der Waals surface area contributed by atoms with Gasteiger partial charge >= 0.3 is 0 Å². The molecule has 1 amide bonds. The van der Waals surface area contributed by atoms with Gasteiger partial charge < -0.3 is 25.2 Å². The number of nitrogens with two attached hydrogens (primary N) is 1. The molecule has 0 radical (unpaired) electrons. The number of para-hydroxylation sites is 1. The van der Waals surface area contributed by atoms with Crippen LogP contribution in [0.15, 0.2) is 95.5 Å². The number of rotatable bonds is 5. The summed E-state index contributed by atoms with van der Waals surface area (Å²) in [6.07, 6.45) is 7.03. The quantitative estimate of drug-likeness (QED) is 0.714. The molecule has 2 N–H and O–H groups in total. The molecule has 5 rings (SSSR count). The number of nitrogens with zero attached hydrogens (tertiary/aromatic N) is 4. The van der Waals surface area contributed by atoms with Gasteiger partial charge in [-0.15, -0.1) is 0 Å². The van der Waals surface area contributed by atoms with Gasteiger partial charge in [-0.05, 0) is 55.3 Å². The van der Waals surface area contributed by atoms with Gasteiger partial charge in [0.05, 0.1) is 24.1 Å². The van der Waals surface area contributed by atoms with Crippen LogP contribution < -0.4 is 15.4 Å². The van der Waals surface area contributed by atoms with E-state index in [4.69, 9.17) is 10.5 Å². The molecule has 0 aromatic heterocycles. The van der Waals surface area contributed by atoms with Crippen LogP contribution in [0, 0.1) is 0 Å². The fraction of sp³-hybridized carbons (Fsp3) is 0.231. The number of fused-ring (bicyclic) bond motifs is 1. The molecule has 1 atom stereocenters. The van der Waals surface area contributed by atoms with Crippen LogP contribution >= 0.6 is 0 Å². The molecular weight excluding hydrogens is 414 g/mol. The molecule has 33 heavy (non-hydrogen) atoms. The highest BCUT2D eigenvalue weighted by Gasteiger charge is 2.36. The molecule has 7 nitrogen and oxygen atoms in total. The topological polar surface area (TPSA) is 74.4 Å². The van der Waals surface area contributed by atoms with Crippen LogP contribution in [-0.2, 0) is 4.79 Å². The fourth-order valence-electron chi connectivity index (χ4n) is 4.58. The molecule has 3 aliphatic heterocycles. The Hall–Kier alpha value is -4.00. The highest BCUT2D eigenvalue weighted by atomic mass is 16.5. The Morgan fingerprint density at radius 1 is 1.12 bits per heavy atom. The van der Waals surface area contributed by atoms with Crippen LogP contribution in [0.3, 0.4) is 0 Å². The van der Waals surface area contributed by atoms with Crippen molar-refractivity contribution < 1.29 is 9.53 Å². The normalized spacial score (nSPS) is 19.9. The first-order valence-electron chi connectivity index (χ1n) is 11.2. The van der Waals surface area contributed by atoms with Crippen LogP contribution in [0.4, 0.5) is 5.69 Å². The second-order valence-corrected chi connectivity index (χ2v) is 8.32. The van der Waals surface area contributed by atoms with E-state index in [9.17, 15) is 4.79 Å². The Labute approximate surface area is 193 Å². The lowest BCUT2D eigenvalue weighted by Gasteiger charge is -2.46. The first-order valence-corrected chi connectivity index (χ1v) is 11.2. The van der Waals surface area contributed by atoms with Crippen molar-refractivity contribution in [2.75, 3.05) is 24.7 Å². The van der Waals surface area contributed by atoms with Crippen molar-refractivity contribution in [2.45, 2.75) is 18.9 Å². The van der Waals surface area contributed by atoms with Crippen molar-refractivity contribution in [1.29, 1.82) is 0 Å². The maximum atomic E-state index is 12.2. The lowest BCUT2D eigenvalue weighted by Crippen LogP contribution is -2.54. The minimum Gasteiger partial charge on any atom is -0.457 e. The number of hydrogen-bond acceptors (Lipinski definition) is 6. The molecule has 0 unspecified atom stereocenters. The first kappa shape index (κ1) is 20.9. The number of anilines is 1. The van der Waals surface area contributed by atoms with Gasteiger partial charge in [-0.1, -0.05) is 24.8 Å². The van der Waals surface area contributed by atoms with E-state index in [0.29, 0.717) is 19.0 Å². The number of carbonyl (C=O) groups is 1. The van der Waals surface area contributed by atoms with Crippen LogP contribution in [0.5, 0.6) is 11.5 Å². The largest absolute Gasteiger partial charge is 0.457 e. The van der Waals surface area contributed by atoms with Gasteiger partial charge in [-0.2, -0.15) is 0 Å². The maximum Gasteiger partial charge on any atom is 0.246 e. The summed E-state index contributed by atoms with van der Waals surface area (Å²) in [4.78, 5) is 22.9. The van der Waals surface area contributed by atoms with Gasteiger partial charge in [-0.25, -0.2) is 0 Å². The van der Waals surface area contributed by atoms with Crippen molar-refractivity contribution in [3.8, 4) is 11.5 Å². The third-order valence-electron chi connectivity index (χ3n) is 6.30. The van der Waals surface area contributed by atoms with Crippen molar-refractivity contribution in [3.05, 3.63) is 90.5 Å². The van der Waals surface area contributed by atoms with Crippen molar-refractivity contribution in [2.24, 2.45) is 10.7 Å². The number of allylic oxidation sites excluding steroid dienone is 1. The number of aliphatic imine (C=N–C) groups is 1. The van der Waals surface area contributed by atoms with Gasteiger partial charge in [-0.3, -0.25) is 9.79 Å². The Morgan fingerprint density at radius 3 is 2.64 bits per heavy atom. The zero-order valence-electron chi connectivity index (χ0n) is 18.4. The highest BCUT2D eigenvalue weighted by molar-refractivity contribution is 5.90. The Morgan fingerprint density at radius 2 is 1.88 bits per heavy atom. The summed E-state index contributed by atoms with van der Waals surface area (Å²) in [5.41, 5.74) is 9.49. The molecule has 7 heteroatoms. The van der Waals surface area contributed by atoms with Crippen LogP contribution in [0.2, 0.25) is 0 Å². The van der Waals surface area contributed by atoms with Gasteiger partial charge in [0.15, 0.2) is 0 Å². The third kappa shape index (κ3) is 4.09. The average Bonchev–Trinajstić information content (AvgIpc) is 3.36. The van der Waals surface area contributed by atoms with Gasteiger partial charge in [0.1, 0.15) is 17.3 Å². The standard InChI is InChI=1S/C26H27N5O2/c1-2-25(32)29-14-6-7-20(17-29)30-18-31(26(27)23-15-28-16-24(23)30)19-10-12-22(13-11-19)33-21-8-4-3-5-9-21/h2-5,8-13,15-16,20H,1,6-7,14,17-18,27H2/t20-/m1/s1. The Kier molecular flexibility index (Phi) is 5.60. The number of hydrogen-bond donors (Lipinski definition) is 1. The van der Waals surface area contributed by atoms with E-state index >= 15 is 0 Å². The third-order valence-corrected chi connectivity index (χ3v) is 6.30. The predicted molar refractivity (Wildman–Crippen MR) is 130 cm³/mol. The van der Waals surface area contributed by atoms with Gasteiger partial charge in [0, 0.05) is 31.0 Å². The fourth-order valence-corrected chi connectivity index (χ4v) is 4.58. The number of amides is 1. The molecule has 3 heterocycles. The zero-order chi connectivity index (χ0) is 22.8. The second-order valence-electron chi connectivity index (χ2n) is 8.32. The molecular formula is C26H27N5O2. The minimum absolute atomic E-state index is 0.0190. The molecule has 0 bridgehead atoms. The summed E-state index contributed by atoms with van der Waals surface area (Å²) >= 11 is 0. The van der Waals surface area contributed by atoms with Crippen molar-refractivity contribution in [3.63, 3.8) is 0 Å². The molecule has 0 spiro atoms. The summed E-state index contributed by atoms with van der Waals surface area (Å²) in [6, 6.07) is 17.8. The van der Waals surface area contributed by atoms with Crippen LogP contribution in [-0.4, -0.2) is 47.7 Å². The number of benzene rings is 2. The molecule has 0 saturated carbocycles. The summed E-state index contributed by atoms with van der Waals surface area (Å²) < 4.78 is 5.93. The summed E-state index contributed by atoms with van der Waals surface area (Å²) in [5, 5.41) is 0. The minimum atomic E-state index is -0.0190. The van der Waals surface area contributed by atoms with E-state index in [1.54, 1.807) is 0 Å². The molecule has 3 aliphatic rings. The summed E-state index contributed by atoms with van der Waals surface area (Å²) in [7, 11) is 0. The van der Waals surface area contributed by atoms with E-state index in [-0.39, 0.29) is 11.9 Å². The molecule has 2 aromatic carbocycles. The van der Waals surface area contributed by atoms with E-state index in [2.05, 4.69) is 21.4 Å². The smallest absolute Gasteiger partial charge is 0.246 e. The van der Waals surface area contributed by atoms with E-state index in [1.165, 1.54) is 6.08 Å².